The first kappa shape index (κ1) is 75.7. The zero-order chi connectivity index (χ0) is 57.2. The molecule has 0 radical (unpaired) electrons. The van der Waals surface area contributed by atoms with Crippen molar-refractivity contribution in [1.29, 1.82) is 0 Å². The first-order valence-corrected chi connectivity index (χ1v) is 35.1. The molecular formula is C70H135NO8. The summed E-state index contributed by atoms with van der Waals surface area (Å²) in [6, 6.07) is -0.820. The molecule has 1 aliphatic rings. The summed E-state index contributed by atoms with van der Waals surface area (Å²) in [5.41, 5.74) is 0. The number of allylic oxidation sites excluding steroid dienone is 3. The Balaban J connectivity index is 2.14. The predicted octanol–water partition coefficient (Wildman–Crippen LogP) is 18.9. The van der Waals surface area contributed by atoms with Crippen molar-refractivity contribution in [3.63, 3.8) is 0 Å². The van der Waals surface area contributed by atoms with E-state index in [-0.39, 0.29) is 12.5 Å². The number of carbonyl (C=O) groups is 1. The van der Waals surface area contributed by atoms with E-state index in [1.807, 2.05) is 6.08 Å². The largest absolute Gasteiger partial charge is 0.394 e. The summed E-state index contributed by atoms with van der Waals surface area (Å²) in [7, 11) is 0. The third-order valence-corrected chi connectivity index (χ3v) is 17.0. The Morgan fingerprint density at radius 3 is 1.06 bits per heavy atom. The molecule has 1 aliphatic heterocycles. The van der Waals surface area contributed by atoms with E-state index in [1.54, 1.807) is 6.08 Å². The van der Waals surface area contributed by atoms with Gasteiger partial charge in [0.05, 0.1) is 25.4 Å². The van der Waals surface area contributed by atoms with Crippen LogP contribution in [0.1, 0.15) is 361 Å². The Kier molecular flexibility index (Phi) is 57.3. The molecule has 7 atom stereocenters. The van der Waals surface area contributed by atoms with Crippen molar-refractivity contribution in [2.24, 2.45) is 0 Å². The van der Waals surface area contributed by atoms with Gasteiger partial charge < -0.3 is 40.3 Å². The smallest absolute Gasteiger partial charge is 0.220 e. The van der Waals surface area contributed by atoms with Crippen molar-refractivity contribution < 1.29 is 39.8 Å². The monoisotopic (exact) mass is 1120 g/mol. The zero-order valence-corrected chi connectivity index (χ0v) is 52.4. The molecule has 0 bridgehead atoms. The van der Waals surface area contributed by atoms with Crippen molar-refractivity contribution in [1.82, 2.24) is 5.32 Å². The van der Waals surface area contributed by atoms with Crippen molar-refractivity contribution in [3.8, 4) is 0 Å². The summed E-state index contributed by atoms with van der Waals surface area (Å²) in [5, 5.41) is 54.7. The number of ether oxygens (including phenoxy) is 2. The number of unbranched alkanes of at least 4 members (excludes halogenated alkanes) is 50. The minimum absolute atomic E-state index is 0.178. The highest BCUT2D eigenvalue weighted by Crippen LogP contribution is 2.23. The highest BCUT2D eigenvalue weighted by molar-refractivity contribution is 5.76. The maximum atomic E-state index is 13.1. The number of aliphatic hydroxyl groups excluding tert-OH is 5. The van der Waals surface area contributed by atoms with Crippen LogP contribution >= 0.6 is 0 Å². The average Bonchev–Trinajstić information content (AvgIpc) is 3.47. The highest BCUT2D eigenvalue weighted by atomic mass is 16.7. The molecule has 0 aromatic carbocycles. The van der Waals surface area contributed by atoms with Crippen LogP contribution in [0, 0.1) is 0 Å². The first-order valence-electron chi connectivity index (χ1n) is 35.1. The number of aliphatic hydroxyl groups is 5. The number of nitrogens with one attached hydrogen (secondary N) is 1. The van der Waals surface area contributed by atoms with Crippen LogP contribution in [0.5, 0.6) is 0 Å². The van der Waals surface area contributed by atoms with Crippen LogP contribution in [0.4, 0.5) is 0 Å². The van der Waals surface area contributed by atoms with Crippen LogP contribution < -0.4 is 5.32 Å². The predicted molar refractivity (Wildman–Crippen MR) is 337 cm³/mol. The van der Waals surface area contributed by atoms with Gasteiger partial charge in [0.25, 0.3) is 0 Å². The molecule has 1 heterocycles. The van der Waals surface area contributed by atoms with Gasteiger partial charge in [-0.2, -0.15) is 0 Å². The fraction of sp³-hybridized carbons (Fsp3) is 0.929. The zero-order valence-electron chi connectivity index (χ0n) is 52.4. The van der Waals surface area contributed by atoms with E-state index in [1.165, 1.54) is 302 Å². The van der Waals surface area contributed by atoms with Crippen molar-refractivity contribution in [3.05, 3.63) is 24.3 Å². The summed E-state index contributed by atoms with van der Waals surface area (Å²) in [5.74, 6) is -0.178. The fourth-order valence-corrected chi connectivity index (χ4v) is 11.5. The third-order valence-electron chi connectivity index (χ3n) is 17.0. The van der Waals surface area contributed by atoms with Crippen molar-refractivity contribution >= 4 is 5.91 Å². The molecule has 7 unspecified atom stereocenters. The summed E-state index contributed by atoms with van der Waals surface area (Å²) in [4.78, 5) is 13.1. The summed E-state index contributed by atoms with van der Waals surface area (Å²) in [6.07, 6.45) is 71.5. The van der Waals surface area contributed by atoms with E-state index in [0.717, 1.165) is 38.5 Å². The molecule has 1 rings (SSSR count). The summed E-state index contributed by atoms with van der Waals surface area (Å²) >= 11 is 0. The molecule has 0 aliphatic carbocycles. The molecule has 0 aromatic heterocycles. The molecule has 79 heavy (non-hydrogen) atoms. The van der Waals surface area contributed by atoms with Crippen molar-refractivity contribution in [2.45, 2.75) is 403 Å². The van der Waals surface area contributed by atoms with E-state index in [2.05, 4.69) is 31.3 Å². The molecule has 0 spiro atoms. The lowest BCUT2D eigenvalue weighted by molar-refractivity contribution is -0.302. The van der Waals surface area contributed by atoms with Crippen LogP contribution in [0.2, 0.25) is 0 Å². The number of hydrogen-bond acceptors (Lipinski definition) is 8. The maximum absolute atomic E-state index is 13.1. The molecule has 1 fully saturated rings. The molecule has 1 amide bonds. The Morgan fingerprint density at radius 2 is 0.722 bits per heavy atom. The molecule has 1 saturated heterocycles. The van der Waals surface area contributed by atoms with Gasteiger partial charge in [0, 0.05) is 6.42 Å². The Bertz CT molecular complexity index is 1300. The maximum Gasteiger partial charge on any atom is 0.220 e. The number of rotatable bonds is 62. The van der Waals surface area contributed by atoms with Gasteiger partial charge in [-0.1, -0.05) is 346 Å². The van der Waals surface area contributed by atoms with Gasteiger partial charge in [-0.15, -0.1) is 0 Å². The van der Waals surface area contributed by atoms with Crippen LogP contribution in [0.15, 0.2) is 24.3 Å². The van der Waals surface area contributed by atoms with Gasteiger partial charge in [-0.3, -0.25) is 4.79 Å². The van der Waals surface area contributed by atoms with Gasteiger partial charge >= 0.3 is 0 Å². The second-order valence-electron chi connectivity index (χ2n) is 24.7. The normalized spacial score (nSPS) is 18.6. The first-order chi connectivity index (χ1) is 38.8. The van der Waals surface area contributed by atoms with Gasteiger partial charge in [-0.05, 0) is 32.1 Å². The summed E-state index contributed by atoms with van der Waals surface area (Å²) < 4.78 is 11.3. The van der Waals surface area contributed by atoms with Crippen LogP contribution in [-0.2, 0) is 14.3 Å². The van der Waals surface area contributed by atoms with Crippen LogP contribution in [-0.4, -0.2) is 87.5 Å². The van der Waals surface area contributed by atoms with Gasteiger partial charge in [0.2, 0.25) is 5.91 Å². The van der Waals surface area contributed by atoms with E-state index in [9.17, 15) is 30.3 Å². The molecule has 468 valence electrons. The lowest BCUT2D eigenvalue weighted by Gasteiger charge is -2.40. The van der Waals surface area contributed by atoms with E-state index in [4.69, 9.17) is 9.47 Å². The quantitative estimate of drug-likeness (QED) is 0.0261. The second-order valence-corrected chi connectivity index (χ2v) is 24.7. The lowest BCUT2D eigenvalue weighted by atomic mass is 9.99. The number of amides is 1. The van der Waals surface area contributed by atoms with E-state index in [0.29, 0.717) is 6.42 Å². The number of carbonyl (C=O) groups excluding carboxylic acids is 1. The van der Waals surface area contributed by atoms with E-state index < -0.39 is 49.5 Å². The molecule has 0 aromatic rings. The molecule has 6 N–H and O–H groups in total. The van der Waals surface area contributed by atoms with Gasteiger partial charge in [-0.25, -0.2) is 0 Å². The van der Waals surface area contributed by atoms with Crippen LogP contribution in [0.3, 0.4) is 0 Å². The van der Waals surface area contributed by atoms with Crippen LogP contribution in [0.25, 0.3) is 0 Å². The Labute approximate surface area is 489 Å². The van der Waals surface area contributed by atoms with E-state index >= 15 is 0 Å². The Morgan fingerprint density at radius 1 is 0.418 bits per heavy atom. The lowest BCUT2D eigenvalue weighted by Crippen LogP contribution is -2.60. The third kappa shape index (κ3) is 48.7. The highest BCUT2D eigenvalue weighted by Gasteiger charge is 2.44. The minimum Gasteiger partial charge on any atom is -0.394 e. The minimum atomic E-state index is -1.57. The van der Waals surface area contributed by atoms with Crippen molar-refractivity contribution in [2.75, 3.05) is 13.2 Å². The molecule has 9 heteroatoms. The second kappa shape index (κ2) is 59.8. The Hall–Kier alpha value is -1.33. The summed E-state index contributed by atoms with van der Waals surface area (Å²) in [6.45, 7) is 3.83. The van der Waals surface area contributed by atoms with Gasteiger partial charge in [0.1, 0.15) is 24.4 Å². The molecular weight excluding hydrogens is 983 g/mol. The van der Waals surface area contributed by atoms with Gasteiger partial charge in [0.15, 0.2) is 6.29 Å². The fourth-order valence-electron chi connectivity index (χ4n) is 11.5. The SMILES string of the molecule is CCCCCCCCCCCCCCCCCCCCCCC/C=C/CC/C=C/C(O)C(COC1OC(CO)C(O)C(O)C1O)NC(=O)CCCCCCCCCCCCCCCCCCCCCCCCCCCCCCC. The molecule has 0 saturated carbocycles. The average molecular weight is 1120 g/mol. The number of hydrogen-bond donors (Lipinski definition) is 6. The standard InChI is InChI=1S/C70H135NO8/c1-3-5-7-9-11-13-15-17-19-21-23-25-27-29-31-32-34-36-38-40-42-44-46-48-50-52-54-56-58-60-66(74)71-63(62-78-70-69(77)68(76)67(75)65(61-72)79-70)64(73)59-57-55-53-51-49-47-45-43-41-39-37-35-33-30-28-26-24-22-20-18-16-14-12-10-8-6-4-2/h49,51,57,59,63-65,67-70,72-73,75-77H,3-48,50,52-56,58,60-62H2,1-2H3,(H,71,74)/b51-49+,59-57+. The molecule has 9 nitrogen and oxygen atoms in total. The topological polar surface area (TPSA) is 149 Å².